The fourth-order valence-corrected chi connectivity index (χ4v) is 4.44. The number of benzene rings is 2. The fourth-order valence-electron chi connectivity index (χ4n) is 4.27. The lowest BCUT2D eigenvalue weighted by molar-refractivity contribution is -0.120. The summed E-state index contributed by atoms with van der Waals surface area (Å²) in [4.78, 5) is 16.7. The van der Waals surface area contributed by atoms with Crippen molar-refractivity contribution in [1.82, 2.24) is 10.3 Å². The summed E-state index contributed by atoms with van der Waals surface area (Å²) in [6.07, 6.45) is 3.10. The van der Waals surface area contributed by atoms with E-state index in [1.807, 2.05) is 24.3 Å². The molecule has 5 heteroatoms. The number of hydrogen-bond acceptors (Lipinski definition) is 2. The van der Waals surface area contributed by atoms with Crippen LogP contribution >= 0.6 is 11.6 Å². The summed E-state index contributed by atoms with van der Waals surface area (Å²) >= 11 is 6.28. The smallest absolute Gasteiger partial charge is 0.255 e. The molecule has 25 heavy (non-hydrogen) atoms. The molecular weight excluding hydrogens is 334 g/mol. The van der Waals surface area contributed by atoms with E-state index in [4.69, 9.17) is 11.6 Å². The van der Waals surface area contributed by atoms with E-state index in [2.05, 4.69) is 33.8 Å². The van der Waals surface area contributed by atoms with Gasteiger partial charge in [-0.1, -0.05) is 29.8 Å². The summed E-state index contributed by atoms with van der Waals surface area (Å²) in [6, 6.07) is 13.9. The number of fused-ring (bicyclic) bond motifs is 6. The molecule has 2 aliphatic heterocycles. The number of anilines is 1. The van der Waals surface area contributed by atoms with Crippen molar-refractivity contribution in [2.75, 3.05) is 11.9 Å². The molecule has 3 N–H and O–H groups in total. The number of aromatic amines is 1. The standard InChI is InChI=1S/C20H18ClN3O/c21-12-8-9-17-15(11-12)20(19(25)24-17)18-14(6-3-4-10-22-20)13-5-1-2-7-16(13)23-18/h1-2,5,7-9,11,22-23H,3-4,6,10H2,(H,24,25). The van der Waals surface area contributed by atoms with Crippen molar-refractivity contribution < 1.29 is 4.79 Å². The van der Waals surface area contributed by atoms with Crippen LogP contribution in [0.4, 0.5) is 5.69 Å². The van der Waals surface area contributed by atoms with Crippen LogP contribution in [0, 0.1) is 0 Å². The molecular formula is C20H18ClN3O. The second-order valence-corrected chi connectivity index (χ2v) is 7.24. The topological polar surface area (TPSA) is 56.9 Å². The summed E-state index contributed by atoms with van der Waals surface area (Å²) in [5.41, 5.74) is 4.07. The third-order valence-electron chi connectivity index (χ3n) is 5.41. The summed E-state index contributed by atoms with van der Waals surface area (Å²) in [5.74, 6) is -0.0422. The van der Waals surface area contributed by atoms with Crippen LogP contribution < -0.4 is 10.6 Å². The monoisotopic (exact) mass is 351 g/mol. The van der Waals surface area contributed by atoms with Crippen LogP contribution in [0.1, 0.15) is 29.7 Å². The van der Waals surface area contributed by atoms with E-state index in [1.54, 1.807) is 0 Å². The molecule has 0 radical (unpaired) electrons. The van der Waals surface area contributed by atoms with Crippen LogP contribution in [0.25, 0.3) is 10.9 Å². The van der Waals surface area contributed by atoms with Crippen LogP contribution in [-0.2, 0) is 16.8 Å². The van der Waals surface area contributed by atoms with Gasteiger partial charge in [0.25, 0.3) is 5.91 Å². The Hall–Kier alpha value is -2.30. The first-order chi connectivity index (χ1) is 12.2. The fraction of sp³-hybridized carbons (Fsp3) is 0.250. The number of nitrogens with one attached hydrogen (secondary N) is 3. The SMILES string of the molecule is O=C1Nc2ccc(Cl)cc2C12NCCCCc1c2[nH]c2ccccc12. The maximum atomic E-state index is 13.2. The van der Waals surface area contributed by atoms with Gasteiger partial charge in [0, 0.05) is 27.2 Å². The number of carbonyl (C=O) groups is 1. The Kier molecular flexibility index (Phi) is 3.21. The van der Waals surface area contributed by atoms with Gasteiger partial charge in [0.2, 0.25) is 0 Å². The zero-order chi connectivity index (χ0) is 17.0. The highest BCUT2D eigenvalue weighted by atomic mass is 35.5. The van der Waals surface area contributed by atoms with Gasteiger partial charge < -0.3 is 10.3 Å². The molecule has 0 saturated heterocycles. The predicted octanol–water partition coefficient (Wildman–Crippen LogP) is 3.94. The number of aryl methyl sites for hydroxylation is 1. The minimum absolute atomic E-state index is 0.0422. The quantitative estimate of drug-likeness (QED) is 0.574. The van der Waals surface area contributed by atoms with Gasteiger partial charge in [0.1, 0.15) is 0 Å². The Morgan fingerprint density at radius 3 is 2.88 bits per heavy atom. The summed E-state index contributed by atoms with van der Waals surface area (Å²) in [6.45, 7) is 0.786. The van der Waals surface area contributed by atoms with Crippen LogP contribution in [0.3, 0.4) is 0 Å². The molecule has 2 aromatic carbocycles. The molecule has 3 heterocycles. The lowest BCUT2D eigenvalue weighted by Gasteiger charge is -2.31. The molecule has 3 aromatic rings. The number of carbonyl (C=O) groups excluding carboxylic acids is 1. The molecule has 0 fully saturated rings. The van der Waals surface area contributed by atoms with Crippen LogP contribution in [0.5, 0.6) is 0 Å². The third kappa shape index (κ3) is 2.01. The first-order valence-electron chi connectivity index (χ1n) is 8.67. The zero-order valence-electron chi connectivity index (χ0n) is 13.7. The zero-order valence-corrected chi connectivity index (χ0v) is 14.4. The van der Waals surface area contributed by atoms with Crippen LogP contribution in [0.2, 0.25) is 5.02 Å². The Morgan fingerprint density at radius 2 is 1.96 bits per heavy atom. The molecule has 126 valence electrons. The number of amides is 1. The van der Waals surface area contributed by atoms with Gasteiger partial charge >= 0.3 is 0 Å². The molecule has 1 unspecified atom stereocenters. The van der Waals surface area contributed by atoms with E-state index in [1.165, 1.54) is 10.9 Å². The Bertz CT molecular complexity index is 1010. The molecule has 0 aliphatic carbocycles. The average molecular weight is 352 g/mol. The first kappa shape index (κ1) is 15.0. The number of rotatable bonds is 0. The number of hydrogen-bond donors (Lipinski definition) is 3. The Labute approximate surface area is 150 Å². The van der Waals surface area contributed by atoms with E-state index in [9.17, 15) is 4.79 Å². The van der Waals surface area contributed by atoms with Crippen molar-refractivity contribution in [3.05, 3.63) is 64.3 Å². The molecule has 1 amide bonds. The van der Waals surface area contributed by atoms with Crippen LogP contribution in [-0.4, -0.2) is 17.4 Å². The summed E-state index contributed by atoms with van der Waals surface area (Å²) < 4.78 is 0. The minimum Gasteiger partial charge on any atom is -0.356 e. The van der Waals surface area contributed by atoms with E-state index in [0.717, 1.165) is 48.3 Å². The minimum atomic E-state index is -0.908. The Morgan fingerprint density at radius 1 is 1.08 bits per heavy atom. The number of H-pyrrole nitrogens is 1. The van der Waals surface area contributed by atoms with Crippen molar-refractivity contribution in [2.24, 2.45) is 0 Å². The van der Waals surface area contributed by atoms with Gasteiger partial charge in [-0.05, 0) is 55.6 Å². The molecule has 0 saturated carbocycles. The molecule has 2 aliphatic rings. The second kappa shape index (κ2) is 5.35. The number of para-hydroxylation sites is 1. The largest absolute Gasteiger partial charge is 0.356 e. The van der Waals surface area contributed by atoms with Crippen molar-refractivity contribution >= 4 is 34.1 Å². The molecule has 1 atom stereocenters. The highest BCUT2D eigenvalue weighted by molar-refractivity contribution is 6.31. The molecule has 1 spiro atoms. The second-order valence-electron chi connectivity index (χ2n) is 6.80. The normalized spacial score (nSPS) is 22.4. The van der Waals surface area contributed by atoms with E-state index >= 15 is 0 Å². The highest BCUT2D eigenvalue weighted by Gasteiger charge is 2.50. The molecule has 0 bridgehead atoms. The maximum Gasteiger partial charge on any atom is 0.255 e. The van der Waals surface area contributed by atoms with E-state index in [0.29, 0.717) is 5.02 Å². The van der Waals surface area contributed by atoms with Gasteiger partial charge in [0.15, 0.2) is 5.54 Å². The number of halogens is 1. The third-order valence-corrected chi connectivity index (χ3v) is 5.64. The van der Waals surface area contributed by atoms with Crippen molar-refractivity contribution in [2.45, 2.75) is 24.8 Å². The van der Waals surface area contributed by atoms with Gasteiger partial charge in [0.05, 0.1) is 5.69 Å². The summed E-state index contributed by atoms with van der Waals surface area (Å²) in [5, 5.41) is 8.42. The maximum absolute atomic E-state index is 13.2. The van der Waals surface area contributed by atoms with Gasteiger partial charge in [-0.2, -0.15) is 0 Å². The Balaban J connectivity index is 1.86. The van der Waals surface area contributed by atoms with Crippen molar-refractivity contribution in [3.63, 3.8) is 0 Å². The van der Waals surface area contributed by atoms with Gasteiger partial charge in [-0.15, -0.1) is 0 Å². The lowest BCUT2D eigenvalue weighted by Crippen LogP contribution is -2.50. The molecule has 4 nitrogen and oxygen atoms in total. The lowest BCUT2D eigenvalue weighted by atomic mass is 9.83. The predicted molar refractivity (Wildman–Crippen MR) is 100 cm³/mol. The highest BCUT2D eigenvalue weighted by Crippen LogP contribution is 2.45. The van der Waals surface area contributed by atoms with Crippen molar-refractivity contribution in [3.8, 4) is 0 Å². The summed E-state index contributed by atoms with van der Waals surface area (Å²) in [7, 11) is 0. The average Bonchev–Trinajstić information content (AvgIpc) is 3.08. The number of aromatic nitrogens is 1. The van der Waals surface area contributed by atoms with Gasteiger partial charge in [-0.3, -0.25) is 10.1 Å². The van der Waals surface area contributed by atoms with Crippen molar-refractivity contribution in [1.29, 1.82) is 0 Å². The van der Waals surface area contributed by atoms with E-state index < -0.39 is 5.54 Å². The molecule has 1 aromatic heterocycles. The molecule has 5 rings (SSSR count). The first-order valence-corrected chi connectivity index (χ1v) is 9.04. The van der Waals surface area contributed by atoms with Gasteiger partial charge in [-0.25, -0.2) is 0 Å². The van der Waals surface area contributed by atoms with E-state index in [-0.39, 0.29) is 5.91 Å². The van der Waals surface area contributed by atoms with Crippen LogP contribution in [0.15, 0.2) is 42.5 Å².